The van der Waals surface area contributed by atoms with Crippen molar-refractivity contribution in [1.29, 1.82) is 5.26 Å². The average Bonchev–Trinajstić information content (AvgIpc) is 2.45. The van der Waals surface area contributed by atoms with E-state index in [-0.39, 0.29) is 18.6 Å². The van der Waals surface area contributed by atoms with Crippen molar-refractivity contribution in [2.75, 3.05) is 33.8 Å². The van der Waals surface area contributed by atoms with Gasteiger partial charge in [-0.2, -0.15) is 5.26 Å². The van der Waals surface area contributed by atoms with Crippen LogP contribution in [-0.4, -0.2) is 55.5 Å². The molecule has 0 spiro atoms. The van der Waals surface area contributed by atoms with Crippen molar-refractivity contribution in [1.82, 2.24) is 9.80 Å². The second kappa shape index (κ2) is 8.28. The van der Waals surface area contributed by atoms with Crippen LogP contribution < -0.4 is 4.74 Å². The van der Waals surface area contributed by atoms with Gasteiger partial charge in [0.05, 0.1) is 5.56 Å². The Bertz CT molecular complexity index is 508. The number of para-hydroxylation sites is 1. The van der Waals surface area contributed by atoms with Crippen molar-refractivity contribution in [2.24, 2.45) is 0 Å². The van der Waals surface area contributed by atoms with Crippen molar-refractivity contribution in [2.45, 2.75) is 19.9 Å². The highest BCUT2D eigenvalue weighted by Crippen LogP contribution is 2.16. The lowest BCUT2D eigenvalue weighted by Gasteiger charge is -2.30. The van der Waals surface area contributed by atoms with Gasteiger partial charge in [-0.15, -0.1) is 0 Å². The Labute approximate surface area is 126 Å². The zero-order valence-electron chi connectivity index (χ0n) is 13.2. The summed E-state index contributed by atoms with van der Waals surface area (Å²) in [6.45, 7) is 5.35. The van der Waals surface area contributed by atoms with Crippen molar-refractivity contribution >= 4 is 5.91 Å². The second-order valence-corrected chi connectivity index (χ2v) is 5.19. The molecule has 5 nitrogen and oxygen atoms in total. The fraction of sp³-hybridized carbons (Fsp3) is 0.500. The fourth-order valence-electron chi connectivity index (χ4n) is 2.27. The number of benzene rings is 1. The van der Waals surface area contributed by atoms with E-state index in [4.69, 9.17) is 10.00 Å². The summed E-state index contributed by atoms with van der Waals surface area (Å²) in [5, 5.41) is 9.00. The summed E-state index contributed by atoms with van der Waals surface area (Å²) in [7, 11) is 3.96. The fourth-order valence-corrected chi connectivity index (χ4v) is 2.27. The van der Waals surface area contributed by atoms with Gasteiger partial charge >= 0.3 is 0 Å². The Morgan fingerprint density at radius 3 is 2.62 bits per heavy atom. The number of amides is 1. The lowest BCUT2D eigenvalue weighted by atomic mass is 10.2. The van der Waals surface area contributed by atoms with Gasteiger partial charge in [0.1, 0.15) is 11.8 Å². The Morgan fingerprint density at radius 1 is 1.38 bits per heavy atom. The molecule has 1 amide bonds. The van der Waals surface area contributed by atoms with E-state index in [2.05, 4.69) is 6.07 Å². The third-order valence-corrected chi connectivity index (χ3v) is 3.18. The second-order valence-electron chi connectivity index (χ2n) is 5.19. The molecule has 0 heterocycles. The molecule has 1 rings (SSSR count). The van der Waals surface area contributed by atoms with Gasteiger partial charge < -0.3 is 14.5 Å². The van der Waals surface area contributed by atoms with Gasteiger partial charge in [0.25, 0.3) is 5.91 Å². The molecule has 1 aromatic carbocycles. The Morgan fingerprint density at radius 2 is 2.05 bits per heavy atom. The van der Waals surface area contributed by atoms with E-state index in [1.54, 1.807) is 29.2 Å². The SMILES string of the molecule is CCN(C(=O)COc1ccccc1C#N)C(C)CN(C)C. The van der Waals surface area contributed by atoms with Crippen LogP contribution in [0.4, 0.5) is 0 Å². The molecule has 0 aliphatic rings. The predicted octanol–water partition coefficient (Wildman–Crippen LogP) is 1.74. The molecule has 0 aliphatic heterocycles. The first kappa shape index (κ1) is 17.0. The van der Waals surface area contributed by atoms with Crippen LogP contribution in [0.3, 0.4) is 0 Å². The molecule has 0 radical (unpaired) electrons. The van der Waals surface area contributed by atoms with Gasteiger partial charge in [0.15, 0.2) is 6.61 Å². The topological polar surface area (TPSA) is 56.6 Å². The molecule has 0 fully saturated rings. The lowest BCUT2D eigenvalue weighted by molar-refractivity contribution is -0.135. The van der Waals surface area contributed by atoms with Gasteiger partial charge in [-0.1, -0.05) is 12.1 Å². The zero-order valence-corrected chi connectivity index (χ0v) is 13.2. The van der Waals surface area contributed by atoms with Crippen LogP contribution in [0.15, 0.2) is 24.3 Å². The minimum absolute atomic E-state index is 0.0513. The summed E-state index contributed by atoms with van der Waals surface area (Å²) in [6, 6.07) is 9.10. The Kier molecular flexibility index (Phi) is 6.70. The molecule has 0 saturated carbocycles. The van der Waals surface area contributed by atoms with Crippen molar-refractivity contribution in [3.63, 3.8) is 0 Å². The molecular formula is C16H23N3O2. The molecule has 0 N–H and O–H groups in total. The molecule has 0 bridgehead atoms. The number of hydrogen-bond acceptors (Lipinski definition) is 4. The van der Waals surface area contributed by atoms with Gasteiger partial charge in [-0.3, -0.25) is 4.79 Å². The highest BCUT2D eigenvalue weighted by atomic mass is 16.5. The smallest absolute Gasteiger partial charge is 0.260 e. The van der Waals surface area contributed by atoms with Crippen molar-refractivity contribution in [3.8, 4) is 11.8 Å². The molecule has 1 atom stereocenters. The van der Waals surface area contributed by atoms with Crippen LogP contribution in [0.2, 0.25) is 0 Å². The maximum atomic E-state index is 12.3. The molecule has 1 aromatic rings. The molecular weight excluding hydrogens is 266 g/mol. The van der Waals surface area contributed by atoms with E-state index in [0.717, 1.165) is 6.54 Å². The summed E-state index contributed by atoms with van der Waals surface area (Å²) in [5.41, 5.74) is 0.440. The molecule has 5 heteroatoms. The highest BCUT2D eigenvalue weighted by molar-refractivity contribution is 5.78. The quantitative estimate of drug-likeness (QED) is 0.767. The first-order valence-electron chi connectivity index (χ1n) is 7.05. The molecule has 1 unspecified atom stereocenters. The minimum Gasteiger partial charge on any atom is -0.482 e. The van der Waals surface area contributed by atoms with E-state index < -0.39 is 0 Å². The van der Waals surface area contributed by atoms with Gasteiger partial charge in [-0.25, -0.2) is 0 Å². The van der Waals surface area contributed by atoms with Crippen LogP contribution in [0.1, 0.15) is 19.4 Å². The van der Waals surface area contributed by atoms with Crippen LogP contribution in [-0.2, 0) is 4.79 Å². The first-order chi connectivity index (χ1) is 9.99. The number of nitrogens with zero attached hydrogens (tertiary/aromatic N) is 3. The molecule has 0 aromatic heterocycles. The molecule has 0 saturated heterocycles. The zero-order chi connectivity index (χ0) is 15.8. The highest BCUT2D eigenvalue weighted by Gasteiger charge is 2.19. The van der Waals surface area contributed by atoms with Crippen molar-refractivity contribution in [3.05, 3.63) is 29.8 Å². The van der Waals surface area contributed by atoms with Crippen LogP contribution >= 0.6 is 0 Å². The lowest BCUT2D eigenvalue weighted by Crippen LogP contribution is -2.45. The molecule has 0 aliphatic carbocycles. The summed E-state index contributed by atoms with van der Waals surface area (Å²) in [6.07, 6.45) is 0. The monoisotopic (exact) mass is 289 g/mol. The number of hydrogen-bond donors (Lipinski definition) is 0. The van der Waals surface area contributed by atoms with Gasteiger partial charge in [0.2, 0.25) is 0 Å². The van der Waals surface area contributed by atoms with E-state index in [0.29, 0.717) is 17.9 Å². The average molecular weight is 289 g/mol. The van der Waals surface area contributed by atoms with Crippen LogP contribution in [0, 0.1) is 11.3 Å². The van der Waals surface area contributed by atoms with Crippen LogP contribution in [0.5, 0.6) is 5.75 Å². The number of rotatable bonds is 7. The third kappa shape index (κ3) is 5.09. The predicted molar refractivity (Wildman–Crippen MR) is 82.1 cm³/mol. The first-order valence-corrected chi connectivity index (χ1v) is 7.05. The number of carbonyl (C=O) groups excluding carboxylic acids is 1. The van der Waals surface area contributed by atoms with E-state index >= 15 is 0 Å². The van der Waals surface area contributed by atoms with E-state index in [9.17, 15) is 4.79 Å². The Balaban J connectivity index is 2.65. The normalized spacial score (nSPS) is 11.8. The number of nitriles is 1. The number of ether oxygens (including phenoxy) is 1. The minimum atomic E-state index is -0.0698. The van der Waals surface area contributed by atoms with E-state index in [1.807, 2.05) is 32.8 Å². The summed E-state index contributed by atoms with van der Waals surface area (Å²) in [5.74, 6) is 0.379. The number of carbonyl (C=O) groups is 1. The van der Waals surface area contributed by atoms with Gasteiger partial charge in [-0.05, 0) is 40.1 Å². The summed E-state index contributed by atoms with van der Waals surface area (Å²) < 4.78 is 5.50. The molecule has 21 heavy (non-hydrogen) atoms. The van der Waals surface area contributed by atoms with Crippen LogP contribution in [0.25, 0.3) is 0 Å². The van der Waals surface area contributed by atoms with Crippen molar-refractivity contribution < 1.29 is 9.53 Å². The third-order valence-electron chi connectivity index (χ3n) is 3.18. The molecule has 114 valence electrons. The van der Waals surface area contributed by atoms with E-state index in [1.165, 1.54) is 0 Å². The summed E-state index contributed by atoms with van der Waals surface area (Å²) >= 11 is 0. The van der Waals surface area contributed by atoms with Gasteiger partial charge in [0, 0.05) is 19.1 Å². The standard InChI is InChI=1S/C16H23N3O2/c1-5-19(13(2)11-18(3)4)16(20)12-21-15-9-7-6-8-14(15)10-17/h6-9,13H,5,11-12H2,1-4H3. The summed E-state index contributed by atoms with van der Waals surface area (Å²) in [4.78, 5) is 16.1. The Hall–Kier alpha value is -2.06. The number of likely N-dealkylation sites (N-methyl/N-ethyl adjacent to an activating group) is 2. The maximum Gasteiger partial charge on any atom is 0.260 e. The largest absolute Gasteiger partial charge is 0.482 e. The maximum absolute atomic E-state index is 12.3.